The SMILES string of the molecule is CC(C)N(C)C(=O)c1ccc(F)cc1N. The van der Waals surface area contributed by atoms with Crippen LogP contribution in [0.2, 0.25) is 0 Å². The Morgan fingerprint density at radius 3 is 2.53 bits per heavy atom. The summed E-state index contributed by atoms with van der Waals surface area (Å²) in [5.41, 5.74) is 6.09. The molecule has 0 atom stereocenters. The Labute approximate surface area is 88.7 Å². The molecule has 1 amide bonds. The lowest BCUT2D eigenvalue weighted by Gasteiger charge is -2.22. The molecule has 0 saturated heterocycles. The molecule has 0 aromatic heterocycles. The molecule has 1 rings (SSSR count). The van der Waals surface area contributed by atoms with E-state index in [2.05, 4.69) is 0 Å². The van der Waals surface area contributed by atoms with Crippen LogP contribution in [-0.2, 0) is 0 Å². The van der Waals surface area contributed by atoms with E-state index >= 15 is 0 Å². The fraction of sp³-hybridized carbons (Fsp3) is 0.364. The molecule has 0 spiro atoms. The van der Waals surface area contributed by atoms with Gasteiger partial charge < -0.3 is 10.6 Å². The Kier molecular flexibility index (Phi) is 3.29. The van der Waals surface area contributed by atoms with Crippen molar-refractivity contribution in [1.82, 2.24) is 4.90 Å². The molecule has 0 fully saturated rings. The summed E-state index contributed by atoms with van der Waals surface area (Å²) in [4.78, 5) is 13.4. The first-order valence-corrected chi connectivity index (χ1v) is 4.75. The number of benzene rings is 1. The fourth-order valence-electron chi connectivity index (χ4n) is 1.15. The largest absolute Gasteiger partial charge is 0.398 e. The minimum atomic E-state index is -0.434. The van der Waals surface area contributed by atoms with Crippen molar-refractivity contribution >= 4 is 11.6 Å². The van der Waals surface area contributed by atoms with Gasteiger partial charge in [-0.2, -0.15) is 0 Å². The molecule has 4 heteroatoms. The summed E-state index contributed by atoms with van der Waals surface area (Å²) >= 11 is 0. The summed E-state index contributed by atoms with van der Waals surface area (Å²) in [6, 6.07) is 3.88. The topological polar surface area (TPSA) is 46.3 Å². The molecule has 0 unspecified atom stereocenters. The highest BCUT2D eigenvalue weighted by molar-refractivity contribution is 5.99. The van der Waals surface area contributed by atoms with Crippen molar-refractivity contribution in [3.8, 4) is 0 Å². The first kappa shape index (κ1) is 11.5. The molecule has 2 N–H and O–H groups in total. The van der Waals surface area contributed by atoms with E-state index in [1.165, 1.54) is 12.1 Å². The van der Waals surface area contributed by atoms with Crippen LogP contribution in [0.4, 0.5) is 10.1 Å². The molecule has 1 aromatic rings. The van der Waals surface area contributed by atoms with E-state index in [4.69, 9.17) is 5.73 Å². The second-order valence-corrected chi connectivity index (χ2v) is 3.74. The maximum atomic E-state index is 12.8. The van der Waals surface area contributed by atoms with Crippen LogP contribution in [-0.4, -0.2) is 23.9 Å². The van der Waals surface area contributed by atoms with Crippen LogP contribution < -0.4 is 5.73 Å². The van der Waals surface area contributed by atoms with E-state index in [0.717, 1.165) is 6.07 Å². The van der Waals surface area contributed by atoms with Crippen LogP contribution in [0.15, 0.2) is 18.2 Å². The molecule has 0 saturated carbocycles. The predicted octanol–water partition coefficient (Wildman–Crippen LogP) is 1.89. The van der Waals surface area contributed by atoms with Gasteiger partial charge in [-0.05, 0) is 32.0 Å². The summed E-state index contributed by atoms with van der Waals surface area (Å²) in [6.45, 7) is 3.80. The van der Waals surface area contributed by atoms with Crippen molar-refractivity contribution in [2.45, 2.75) is 19.9 Å². The number of hydrogen-bond donors (Lipinski definition) is 1. The lowest BCUT2D eigenvalue weighted by Crippen LogP contribution is -2.33. The second-order valence-electron chi connectivity index (χ2n) is 3.74. The van der Waals surface area contributed by atoms with Crippen LogP contribution in [0.1, 0.15) is 24.2 Å². The summed E-state index contributed by atoms with van der Waals surface area (Å²) < 4.78 is 12.8. The summed E-state index contributed by atoms with van der Waals surface area (Å²) in [7, 11) is 1.69. The van der Waals surface area contributed by atoms with Crippen molar-refractivity contribution in [2.24, 2.45) is 0 Å². The van der Waals surface area contributed by atoms with Gasteiger partial charge in [0, 0.05) is 18.8 Å². The van der Waals surface area contributed by atoms with Gasteiger partial charge >= 0.3 is 0 Å². The van der Waals surface area contributed by atoms with Crippen molar-refractivity contribution in [3.63, 3.8) is 0 Å². The zero-order chi connectivity index (χ0) is 11.6. The number of rotatable bonds is 2. The number of nitrogen functional groups attached to an aromatic ring is 1. The summed E-state index contributed by atoms with van der Waals surface area (Å²) in [5.74, 6) is -0.626. The Bertz CT molecular complexity index is 377. The molecule has 0 bridgehead atoms. The normalized spacial score (nSPS) is 10.5. The minimum absolute atomic E-state index is 0.0851. The van der Waals surface area contributed by atoms with Gasteiger partial charge in [-0.25, -0.2) is 4.39 Å². The van der Waals surface area contributed by atoms with Gasteiger partial charge in [-0.3, -0.25) is 4.79 Å². The molecule has 82 valence electrons. The average molecular weight is 210 g/mol. The van der Waals surface area contributed by atoms with Crippen LogP contribution in [0.3, 0.4) is 0 Å². The van der Waals surface area contributed by atoms with Gasteiger partial charge in [0.2, 0.25) is 0 Å². The van der Waals surface area contributed by atoms with Crippen LogP contribution >= 0.6 is 0 Å². The molecular weight excluding hydrogens is 195 g/mol. The van der Waals surface area contributed by atoms with Gasteiger partial charge in [0.25, 0.3) is 5.91 Å². The number of carbonyl (C=O) groups excluding carboxylic acids is 1. The third-order valence-corrected chi connectivity index (χ3v) is 2.34. The van der Waals surface area contributed by atoms with E-state index < -0.39 is 5.82 Å². The zero-order valence-electron chi connectivity index (χ0n) is 9.12. The van der Waals surface area contributed by atoms with E-state index in [0.29, 0.717) is 5.56 Å². The number of carbonyl (C=O) groups is 1. The molecule has 0 aliphatic rings. The van der Waals surface area contributed by atoms with Gasteiger partial charge in [0.1, 0.15) is 5.82 Å². The van der Waals surface area contributed by atoms with E-state index in [1.54, 1.807) is 11.9 Å². The zero-order valence-corrected chi connectivity index (χ0v) is 9.12. The number of hydrogen-bond acceptors (Lipinski definition) is 2. The number of nitrogens with two attached hydrogens (primary N) is 1. The molecule has 0 aliphatic carbocycles. The summed E-state index contributed by atoms with van der Waals surface area (Å²) in [5, 5.41) is 0. The van der Waals surface area contributed by atoms with Gasteiger partial charge in [-0.1, -0.05) is 0 Å². The van der Waals surface area contributed by atoms with Crippen molar-refractivity contribution in [1.29, 1.82) is 0 Å². The molecule has 0 radical (unpaired) electrons. The first-order valence-electron chi connectivity index (χ1n) is 4.75. The van der Waals surface area contributed by atoms with Gasteiger partial charge in [0.15, 0.2) is 0 Å². The first-order chi connectivity index (χ1) is 6.93. The molecule has 3 nitrogen and oxygen atoms in total. The lowest BCUT2D eigenvalue weighted by atomic mass is 10.1. The molecule has 1 aromatic carbocycles. The Hall–Kier alpha value is -1.58. The quantitative estimate of drug-likeness (QED) is 0.758. The molecule has 15 heavy (non-hydrogen) atoms. The van der Waals surface area contributed by atoms with Crippen LogP contribution in [0.5, 0.6) is 0 Å². The predicted molar refractivity (Wildman–Crippen MR) is 58.0 cm³/mol. The van der Waals surface area contributed by atoms with Gasteiger partial charge in [-0.15, -0.1) is 0 Å². The Morgan fingerprint density at radius 1 is 1.47 bits per heavy atom. The van der Waals surface area contributed by atoms with E-state index in [-0.39, 0.29) is 17.6 Å². The van der Waals surface area contributed by atoms with Crippen LogP contribution in [0.25, 0.3) is 0 Å². The maximum Gasteiger partial charge on any atom is 0.255 e. The van der Waals surface area contributed by atoms with Crippen molar-refractivity contribution < 1.29 is 9.18 Å². The Morgan fingerprint density at radius 2 is 2.07 bits per heavy atom. The van der Waals surface area contributed by atoms with E-state index in [9.17, 15) is 9.18 Å². The highest BCUT2D eigenvalue weighted by atomic mass is 19.1. The number of amides is 1. The lowest BCUT2D eigenvalue weighted by molar-refractivity contribution is 0.0756. The fourth-order valence-corrected chi connectivity index (χ4v) is 1.15. The maximum absolute atomic E-state index is 12.8. The standard InChI is InChI=1S/C11H15FN2O/c1-7(2)14(3)11(15)9-5-4-8(12)6-10(9)13/h4-7H,13H2,1-3H3. The number of anilines is 1. The molecule has 0 heterocycles. The molecular formula is C11H15FN2O. The third-order valence-electron chi connectivity index (χ3n) is 2.34. The monoisotopic (exact) mass is 210 g/mol. The number of nitrogens with zero attached hydrogens (tertiary/aromatic N) is 1. The van der Waals surface area contributed by atoms with Crippen LogP contribution in [0, 0.1) is 5.82 Å². The van der Waals surface area contributed by atoms with E-state index in [1.807, 2.05) is 13.8 Å². The highest BCUT2D eigenvalue weighted by Gasteiger charge is 2.16. The highest BCUT2D eigenvalue weighted by Crippen LogP contribution is 2.16. The smallest absolute Gasteiger partial charge is 0.255 e. The minimum Gasteiger partial charge on any atom is -0.398 e. The number of halogens is 1. The van der Waals surface area contributed by atoms with Crippen molar-refractivity contribution in [2.75, 3.05) is 12.8 Å². The molecule has 0 aliphatic heterocycles. The Balaban J connectivity index is 3.01. The van der Waals surface area contributed by atoms with Gasteiger partial charge in [0.05, 0.1) is 5.56 Å². The van der Waals surface area contributed by atoms with Crippen molar-refractivity contribution in [3.05, 3.63) is 29.6 Å². The summed E-state index contributed by atoms with van der Waals surface area (Å²) in [6.07, 6.45) is 0. The third kappa shape index (κ3) is 2.46. The average Bonchev–Trinajstić information content (AvgIpc) is 2.15. The second kappa shape index (κ2) is 4.29.